The third kappa shape index (κ3) is 13.7. The summed E-state index contributed by atoms with van der Waals surface area (Å²) in [6.07, 6.45) is -2.82. The molecule has 0 saturated carbocycles. The Balaban J connectivity index is 5.21. The minimum absolute atomic E-state index is 0.0797. The molecule has 0 spiro atoms. The molecular weight excluding hydrogens is 583 g/mol. The molecule has 0 aromatic rings. The lowest BCUT2D eigenvalue weighted by atomic mass is 9.96. The van der Waals surface area contributed by atoms with E-state index in [0.29, 0.717) is 18.5 Å². The summed E-state index contributed by atoms with van der Waals surface area (Å²) in [5.41, 5.74) is 0. The highest BCUT2D eigenvalue weighted by Crippen LogP contribution is 2.35. The molecule has 0 N–H and O–H groups in total. The van der Waals surface area contributed by atoms with Crippen LogP contribution in [0.25, 0.3) is 0 Å². The Morgan fingerprint density at radius 3 is 1.54 bits per heavy atom. The predicted molar refractivity (Wildman–Crippen MR) is 144 cm³/mol. The van der Waals surface area contributed by atoms with E-state index in [1.807, 2.05) is 6.92 Å². The van der Waals surface area contributed by atoms with Gasteiger partial charge in [0.25, 0.3) is 0 Å². The molecule has 0 aromatic heterocycles. The van der Waals surface area contributed by atoms with Gasteiger partial charge in [-0.2, -0.15) is 22.0 Å². The fourth-order valence-electron chi connectivity index (χ4n) is 4.27. The number of alkyl halides is 5. The quantitative estimate of drug-likeness (QED) is 0.0757. The van der Waals surface area contributed by atoms with Gasteiger partial charge in [0, 0.05) is 67.5 Å². The van der Waals surface area contributed by atoms with E-state index in [0.717, 1.165) is 25.3 Å². The summed E-state index contributed by atoms with van der Waals surface area (Å²) in [6.45, 7) is 4.32. The minimum Gasteiger partial charge on any atom is -0.414 e. The zero-order valence-corrected chi connectivity index (χ0v) is 27.9. The van der Waals surface area contributed by atoms with Gasteiger partial charge >= 0.3 is 29.7 Å². The third-order valence-corrected chi connectivity index (χ3v) is 15.0. The van der Waals surface area contributed by atoms with Crippen LogP contribution in [0.1, 0.15) is 39.0 Å². The summed E-state index contributed by atoms with van der Waals surface area (Å²) < 4.78 is 108. The molecule has 16 heteroatoms. The molecular formula is C23H49F5O8Si3. The lowest BCUT2D eigenvalue weighted by molar-refractivity contribution is -0.296. The van der Waals surface area contributed by atoms with E-state index in [9.17, 15) is 22.0 Å². The van der Waals surface area contributed by atoms with Crippen molar-refractivity contribution in [2.45, 2.75) is 88.5 Å². The van der Waals surface area contributed by atoms with Crippen molar-refractivity contribution in [2.75, 3.05) is 55.9 Å². The first-order valence-corrected chi connectivity index (χ1v) is 20.0. The van der Waals surface area contributed by atoms with Crippen molar-refractivity contribution >= 4 is 25.9 Å². The molecule has 39 heavy (non-hydrogen) atoms. The van der Waals surface area contributed by atoms with Crippen LogP contribution in [-0.4, -0.2) is 100 Å². The van der Waals surface area contributed by atoms with Crippen molar-refractivity contribution in [3.63, 3.8) is 0 Å². The van der Waals surface area contributed by atoms with E-state index in [-0.39, 0.29) is 25.0 Å². The van der Waals surface area contributed by atoms with Gasteiger partial charge in [0.05, 0.1) is 0 Å². The molecule has 0 radical (unpaired) electrons. The van der Waals surface area contributed by atoms with Gasteiger partial charge in [-0.25, -0.2) is 0 Å². The molecule has 0 aliphatic carbocycles. The number of halogens is 5. The van der Waals surface area contributed by atoms with E-state index >= 15 is 0 Å². The zero-order chi connectivity index (χ0) is 30.4. The highest BCUT2D eigenvalue weighted by atomic mass is 28.4. The Morgan fingerprint density at radius 1 is 0.641 bits per heavy atom. The van der Waals surface area contributed by atoms with Crippen LogP contribution in [0.4, 0.5) is 22.0 Å². The molecule has 0 rings (SSSR count). The first-order valence-electron chi connectivity index (χ1n) is 13.0. The maximum absolute atomic E-state index is 13.1. The van der Waals surface area contributed by atoms with Crippen molar-refractivity contribution in [1.82, 2.24) is 0 Å². The molecule has 0 amide bonds. The fraction of sp³-hybridized carbons (Fsp3) is 1.00. The van der Waals surface area contributed by atoms with Crippen LogP contribution in [0.2, 0.25) is 31.2 Å². The third-order valence-electron chi connectivity index (χ3n) is 6.85. The number of hydrogen-bond acceptors (Lipinski definition) is 8. The average Bonchev–Trinajstić information content (AvgIpc) is 2.88. The second-order valence-electron chi connectivity index (χ2n) is 10.1. The fourth-order valence-corrected chi connectivity index (χ4v) is 10.4. The van der Waals surface area contributed by atoms with E-state index < -0.39 is 44.6 Å². The first kappa shape index (κ1) is 39.0. The van der Waals surface area contributed by atoms with Crippen molar-refractivity contribution in [3.05, 3.63) is 0 Å². The van der Waals surface area contributed by atoms with Crippen molar-refractivity contribution in [3.8, 4) is 0 Å². The molecule has 0 aromatic carbocycles. The molecule has 8 nitrogen and oxygen atoms in total. The lowest BCUT2D eigenvalue weighted by Crippen LogP contribution is -2.44. The standard InChI is InChI=1S/C23H49F5O8Si3/c1-20(13-11-17-38(29-2,30-3)31-4)21(14-10-15-35-19-22(24,25)23(26,27)28)36-37(8,9)16-12-18-39(32-5,33-6)34-7/h20-21H,10-19H2,1-9H3. The largest absolute Gasteiger partial charge is 0.500 e. The summed E-state index contributed by atoms with van der Waals surface area (Å²) in [5.74, 6) is -4.80. The monoisotopic (exact) mass is 632 g/mol. The first-order chi connectivity index (χ1) is 18.0. The molecule has 2 atom stereocenters. The molecule has 236 valence electrons. The highest BCUT2D eigenvalue weighted by molar-refractivity contribution is 6.71. The SMILES string of the molecule is CO[Si](CCCC(C)C(CCCOCC(F)(F)C(F)(F)F)O[Si](C)(C)CCC[Si](OC)(OC)OC)(OC)OC. The van der Waals surface area contributed by atoms with Gasteiger partial charge in [-0.05, 0) is 57.2 Å². The van der Waals surface area contributed by atoms with Crippen LogP contribution in [0, 0.1) is 5.92 Å². The maximum Gasteiger partial charge on any atom is 0.500 e. The minimum atomic E-state index is -5.64. The van der Waals surface area contributed by atoms with Gasteiger partial charge in [-0.1, -0.05) is 6.92 Å². The van der Waals surface area contributed by atoms with Crippen molar-refractivity contribution < 1.29 is 57.7 Å². The van der Waals surface area contributed by atoms with Gasteiger partial charge in [-0.15, -0.1) is 0 Å². The van der Waals surface area contributed by atoms with Crippen LogP contribution < -0.4 is 0 Å². The van der Waals surface area contributed by atoms with Gasteiger partial charge in [-0.3, -0.25) is 0 Å². The maximum atomic E-state index is 13.1. The zero-order valence-electron chi connectivity index (χ0n) is 24.9. The van der Waals surface area contributed by atoms with Gasteiger partial charge in [0.2, 0.25) is 0 Å². The van der Waals surface area contributed by atoms with Crippen LogP contribution >= 0.6 is 0 Å². The lowest BCUT2D eigenvalue weighted by Gasteiger charge is -2.34. The van der Waals surface area contributed by atoms with Gasteiger partial charge in [0.1, 0.15) is 6.61 Å². The van der Waals surface area contributed by atoms with Crippen LogP contribution in [0.5, 0.6) is 0 Å². The molecule has 2 unspecified atom stereocenters. The Bertz CT molecular complexity index is 637. The Morgan fingerprint density at radius 2 is 1.10 bits per heavy atom. The predicted octanol–water partition coefficient (Wildman–Crippen LogP) is 6.13. The van der Waals surface area contributed by atoms with E-state index in [4.69, 9.17) is 35.7 Å². The molecule has 0 bridgehead atoms. The Hall–Kier alpha value is -0.0194. The summed E-state index contributed by atoms with van der Waals surface area (Å²) in [4.78, 5) is 0. The molecule has 0 saturated heterocycles. The molecule has 0 aliphatic rings. The Labute approximate surface area is 234 Å². The van der Waals surface area contributed by atoms with E-state index in [1.165, 1.54) is 0 Å². The number of rotatable bonds is 23. The molecule has 0 aliphatic heterocycles. The normalized spacial score (nSPS) is 15.5. The topological polar surface area (TPSA) is 73.8 Å². The second kappa shape index (κ2) is 17.8. The van der Waals surface area contributed by atoms with Gasteiger partial charge < -0.3 is 35.7 Å². The number of ether oxygens (including phenoxy) is 1. The van der Waals surface area contributed by atoms with E-state index in [2.05, 4.69) is 13.1 Å². The second-order valence-corrected chi connectivity index (χ2v) is 20.6. The smallest absolute Gasteiger partial charge is 0.414 e. The number of hydrogen-bond donors (Lipinski definition) is 0. The average molecular weight is 633 g/mol. The van der Waals surface area contributed by atoms with Crippen molar-refractivity contribution in [2.24, 2.45) is 5.92 Å². The summed E-state index contributed by atoms with van der Waals surface area (Å²) in [5, 5.41) is 0. The Kier molecular flexibility index (Phi) is 17.8. The summed E-state index contributed by atoms with van der Waals surface area (Å²) in [6, 6.07) is 2.06. The van der Waals surface area contributed by atoms with Crippen LogP contribution in [0.15, 0.2) is 0 Å². The van der Waals surface area contributed by atoms with E-state index in [1.54, 1.807) is 42.7 Å². The van der Waals surface area contributed by atoms with Crippen LogP contribution in [0.3, 0.4) is 0 Å². The highest BCUT2D eigenvalue weighted by Gasteiger charge is 2.57. The summed E-state index contributed by atoms with van der Waals surface area (Å²) in [7, 11) is 1.72. The molecule has 0 heterocycles. The molecule has 0 fully saturated rings. The van der Waals surface area contributed by atoms with Gasteiger partial charge in [0.15, 0.2) is 8.32 Å². The van der Waals surface area contributed by atoms with Crippen LogP contribution in [-0.2, 0) is 35.7 Å². The van der Waals surface area contributed by atoms with Crippen molar-refractivity contribution in [1.29, 1.82) is 0 Å². The summed E-state index contributed by atoms with van der Waals surface area (Å²) >= 11 is 0.